The van der Waals surface area contributed by atoms with Crippen molar-refractivity contribution in [3.05, 3.63) is 0 Å². The number of nitrogens with one attached hydrogen (secondary N) is 2. The van der Waals surface area contributed by atoms with E-state index in [1.165, 1.54) is 45.6 Å². The van der Waals surface area contributed by atoms with E-state index in [1.54, 1.807) is 0 Å². The van der Waals surface area contributed by atoms with Crippen molar-refractivity contribution < 1.29 is 0 Å². The molecule has 3 aliphatic rings. The molecule has 19 heavy (non-hydrogen) atoms. The molecule has 3 fully saturated rings. The van der Waals surface area contributed by atoms with Gasteiger partial charge in [-0.15, -0.1) is 24.0 Å². The molecule has 0 spiro atoms. The summed E-state index contributed by atoms with van der Waals surface area (Å²) in [4.78, 5) is 9.44. The Morgan fingerprint density at radius 2 is 1.95 bits per heavy atom. The van der Waals surface area contributed by atoms with E-state index in [0.717, 1.165) is 19.0 Å². The molecule has 3 rings (SSSR count). The van der Waals surface area contributed by atoms with Crippen molar-refractivity contribution in [3.63, 3.8) is 0 Å². The minimum Gasteiger partial charge on any atom is -0.356 e. The number of hydrogen-bond donors (Lipinski definition) is 2. The van der Waals surface area contributed by atoms with Crippen LogP contribution in [0.3, 0.4) is 0 Å². The highest BCUT2D eigenvalue weighted by Crippen LogP contribution is 2.14. The summed E-state index contributed by atoms with van der Waals surface area (Å²) in [5.41, 5.74) is 0. The molecule has 3 heterocycles. The zero-order valence-electron chi connectivity index (χ0n) is 12.2. The molecule has 5 nitrogen and oxygen atoms in total. The molecule has 3 saturated heterocycles. The third kappa shape index (κ3) is 5.07. The lowest BCUT2D eigenvalue weighted by atomic mass is 10.1. The second kappa shape index (κ2) is 8.97. The van der Waals surface area contributed by atoms with Gasteiger partial charge in [-0.2, -0.15) is 0 Å². The van der Waals surface area contributed by atoms with Crippen LogP contribution in [-0.4, -0.2) is 74.7 Å². The Bertz CT molecular complexity index is 276. The summed E-state index contributed by atoms with van der Waals surface area (Å²) < 4.78 is 0. The molecule has 0 aromatic heterocycles. The van der Waals surface area contributed by atoms with Crippen LogP contribution in [0.1, 0.15) is 19.8 Å². The number of rotatable bonds is 5. The summed E-state index contributed by atoms with van der Waals surface area (Å²) in [5, 5.41) is 6.81. The van der Waals surface area contributed by atoms with Crippen molar-refractivity contribution in [2.24, 2.45) is 4.99 Å². The summed E-state index contributed by atoms with van der Waals surface area (Å²) in [6, 6.07) is 0.650. The second-order valence-corrected chi connectivity index (χ2v) is 5.22. The first-order valence-electron chi connectivity index (χ1n) is 7.24. The molecule has 2 N–H and O–H groups in total. The standard InChI is InChI=1S/C13H27N5.HI/c1-3-4-5-15-13(14-2)16-10-12-11-17-6-8-18(12)9-7-17;/h12H,3-11H2,1-2H3,(H2,14,15,16);1H. The van der Waals surface area contributed by atoms with Gasteiger partial charge in [-0.25, -0.2) is 0 Å². The van der Waals surface area contributed by atoms with Crippen molar-refractivity contribution >= 4 is 29.9 Å². The third-order valence-corrected chi connectivity index (χ3v) is 3.94. The van der Waals surface area contributed by atoms with E-state index in [9.17, 15) is 0 Å². The highest BCUT2D eigenvalue weighted by molar-refractivity contribution is 14.0. The fourth-order valence-corrected chi connectivity index (χ4v) is 2.74. The van der Waals surface area contributed by atoms with E-state index in [-0.39, 0.29) is 24.0 Å². The lowest BCUT2D eigenvalue weighted by molar-refractivity contribution is 0.0154. The number of hydrogen-bond acceptors (Lipinski definition) is 3. The van der Waals surface area contributed by atoms with Crippen LogP contribution < -0.4 is 10.6 Å². The van der Waals surface area contributed by atoms with Gasteiger partial charge in [-0.1, -0.05) is 13.3 Å². The molecule has 1 unspecified atom stereocenters. The van der Waals surface area contributed by atoms with Gasteiger partial charge >= 0.3 is 0 Å². The van der Waals surface area contributed by atoms with Crippen LogP contribution in [-0.2, 0) is 0 Å². The number of nitrogens with zero attached hydrogens (tertiary/aromatic N) is 3. The van der Waals surface area contributed by atoms with E-state index < -0.39 is 0 Å². The fourth-order valence-electron chi connectivity index (χ4n) is 2.74. The van der Waals surface area contributed by atoms with Crippen molar-refractivity contribution in [1.82, 2.24) is 20.4 Å². The number of unbranched alkanes of at least 4 members (excludes halogenated alkanes) is 1. The first-order chi connectivity index (χ1) is 8.83. The minimum absolute atomic E-state index is 0. The van der Waals surface area contributed by atoms with Crippen LogP contribution in [0.4, 0.5) is 0 Å². The van der Waals surface area contributed by atoms with Gasteiger partial charge in [0.05, 0.1) is 0 Å². The van der Waals surface area contributed by atoms with Crippen LogP contribution >= 0.6 is 24.0 Å². The topological polar surface area (TPSA) is 42.9 Å². The molecule has 2 bridgehead atoms. The largest absolute Gasteiger partial charge is 0.356 e. The summed E-state index contributed by atoms with van der Waals surface area (Å²) in [6.07, 6.45) is 2.42. The zero-order valence-corrected chi connectivity index (χ0v) is 14.5. The normalized spacial score (nSPS) is 29.8. The van der Waals surface area contributed by atoms with Crippen molar-refractivity contribution in [1.29, 1.82) is 0 Å². The van der Waals surface area contributed by atoms with Gasteiger partial charge in [0.2, 0.25) is 0 Å². The number of aliphatic imine (C=N–C) groups is 1. The van der Waals surface area contributed by atoms with Gasteiger partial charge in [-0.05, 0) is 6.42 Å². The second-order valence-electron chi connectivity index (χ2n) is 5.22. The predicted molar refractivity (Wildman–Crippen MR) is 91.5 cm³/mol. The number of fused-ring (bicyclic) bond motifs is 3. The summed E-state index contributed by atoms with van der Waals surface area (Å²) >= 11 is 0. The lowest BCUT2D eigenvalue weighted by Crippen LogP contribution is -2.63. The highest BCUT2D eigenvalue weighted by Gasteiger charge is 2.31. The number of guanidine groups is 1. The molecular formula is C13H28IN5. The molecule has 0 aliphatic carbocycles. The molecule has 0 saturated carbocycles. The molecule has 3 aliphatic heterocycles. The Morgan fingerprint density at radius 1 is 1.21 bits per heavy atom. The average Bonchev–Trinajstić information content (AvgIpc) is 2.44. The first-order valence-corrected chi connectivity index (χ1v) is 7.24. The Hall–Kier alpha value is -0.0800. The van der Waals surface area contributed by atoms with Crippen LogP contribution in [0.5, 0.6) is 0 Å². The molecule has 1 atom stereocenters. The fraction of sp³-hybridized carbons (Fsp3) is 0.923. The Morgan fingerprint density at radius 3 is 2.47 bits per heavy atom. The molecule has 112 valence electrons. The van der Waals surface area contributed by atoms with Gasteiger partial charge in [0.1, 0.15) is 0 Å². The number of piperazine rings is 3. The maximum absolute atomic E-state index is 4.27. The van der Waals surface area contributed by atoms with Gasteiger partial charge in [0.15, 0.2) is 5.96 Å². The monoisotopic (exact) mass is 381 g/mol. The number of halogens is 1. The maximum atomic E-state index is 4.27. The summed E-state index contributed by atoms with van der Waals surface area (Å²) in [6.45, 7) is 10.4. The van der Waals surface area contributed by atoms with E-state index >= 15 is 0 Å². The molecule has 0 aromatic rings. The molecule has 0 aromatic carbocycles. The highest BCUT2D eigenvalue weighted by atomic mass is 127. The molecular weight excluding hydrogens is 353 g/mol. The minimum atomic E-state index is 0. The zero-order chi connectivity index (χ0) is 12.8. The van der Waals surface area contributed by atoms with Crippen molar-refractivity contribution in [2.45, 2.75) is 25.8 Å². The maximum Gasteiger partial charge on any atom is 0.191 e. The van der Waals surface area contributed by atoms with Crippen LogP contribution in [0.2, 0.25) is 0 Å². The Labute approximate surface area is 134 Å². The molecule has 6 heteroatoms. The predicted octanol–water partition coefficient (Wildman–Crippen LogP) is 0.569. The summed E-state index contributed by atoms with van der Waals surface area (Å²) in [7, 11) is 1.85. The third-order valence-electron chi connectivity index (χ3n) is 3.94. The van der Waals surface area contributed by atoms with Crippen molar-refractivity contribution in [2.75, 3.05) is 52.9 Å². The van der Waals surface area contributed by atoms with Gasteiger partial charge < -0.3 is 10.6 Å². The van der Waals surface area contributed by atoms with Gasteiger partial charge in [0.25, 0.3) is 0 Å². The molecule has 0 amide bonds. The Kier molecular flexibility index (Phi) is 8.01. The van der Waals surface area contributed by atoms with Gasteiger partial charge in [0, 0.05) is 58.9 Å². The van der Waals surface area contributed by atoms with E-state index in [4.69, 9.17) is 0 Å². The summed E-state index contributed by atoms with van der Waals surface area (Å²) in [5.74, 6) is 0.945. The SMILES string of the molecule is CCCCNC(=NC)NCC1CN2CCN1CC2.I. The Balaban J connectivity index is 0.00000180. The van der Waals surface area contributed by atoms with Crippen LogP contribution in [0.25, 0.3) is 0 Å². The quantitative estimate of drug-likeness (QED) is 0.316. The smallest absolute Gasteiger partial charge is 0.191 e. The van der Waals surface area contributed by atoms with Gasteiger partial charge in [-0.3, -0.25) is 14.8 Å². The first kappa shape index (κ1) is 17.0. The average molecular weight is 381 g/mol. The van der Waals surface area contributed by atoms with E-state index in [2.05, 4.69) is 32.3 Å². The van der Waals surface area contributed by atoms with E-state index in [1.807, 2.05) is 7.05 Å². The van der Waals surface area contributed by atoms with Crippen LogP contribution in [0, 0.1) is 0 Å². The van der Waals surface area contributed by atoms with Crippen LogP contribution in [0.15, 0.2) is 4.99 Å². The molecule has 0 radical (unpaired) electrons. The van der Waals surface area contributed by atoms with Crippen molar-refractivity contribution in [3.8, 4) is 0 Å². The lowest BCUT2D eigenvalue weighted by Gasteiger charge is -2.47. The van der Waals surface area contributed by atoms with E-state index in [0.29, 0.717) is 6.04 Å².